The van der Waals surface area contributed by atoms with Crippen LogP contribution in [-0.2, 0) is 12.8 Å². The van der Waals surface area contributed by atoms with Crippen molar-refractivity contribution < 1.29 is 4.79 Å². The lowest BCUT2D eigenvalue weighted by molar-refractivity contribution is 0.0927. The topological polar surface area (TPSA) is 57.8 Å². The summed E-state index contributed by atoms with van der Waals surface area (Å²) in [5, 5.41) is 10.5. The van der Waals surface area contributed by atoms with Crippen LogP contribution in [0.25, 0.3) is 0 Å². The highest BCUT2D eigenvalue weighted by atomic mass is 16.2. The van der Waals surface area contributed by atoms with E-state index in [1.165, 1.54) is 44.2 Å². The molecule has 1 aromatic heterocycles. The van der Waals surface area contributed by atoms with Crippen molar-refractivity contribution >= 4 is 5.91 Å². The predicted molar refractivity (Wildman–Crippen MR) is 74.2 cm³/mol. The number of nitrogens with zero attached hydrogens (tertiary/aromatic N) is 1. The first-order chi connectivity index (χ1) is 9.34. The third-order valence-corrected chi connectivity index (χ3v) is 4.46. The van der Waals surface area contributed by atoms with E-state index in [4.69, 9.17) is 0 Å². The van der Waals surface area contributed by atoms with Gasteiger partial charge in [-0.3, -0.25) is 9.89 Å². The van der Waals surface area contributed by atoms with E-state index in [1.807, 2.05) is 0 Å². The Kier molecular flexibility index (Phi) is 3.85. The zero-order chi connectivity index (χ0) is 13.1. The molecule has 1 heterocycles. The van der Waals surface area contributed by atoms with Gasteiger partial charge in [0.1, 0.15) is 0 Å². The number of carbonyl (C=O) groups is 1. The van der Waals surface area contributed by atoms with Crippen molar-refractivity contribution in [2.45, 2.75) is 70.3 Å². The fraction of sp³-hybridized carbons (Fsp3) is 0.733. The fourth-order valence-electron chi connectivity index (χ4n) is 3.35. The molecule has 0 spiro atoms. The predicted octanol–water partition coefficient (Wildman–Crippen LogP) is 2.74. The number of amides is 1. The van der Waals surface area contributed by atoms with Crippen LogP contribution in [0.3, 0.4) is 0 Å². The van der Waals surface area contributed by atoms with E-state index in [-0.39, 0.29) is 5.91 Å². The molecule has 1 fully saturated rings. The van der Waals surface area contributed by atoms with E-state index in [0.29, 0.717) is 11.7 Å². The normalized spacial score (nSPS) is 20.6. The van der Waals surface area contributed by atoms with Gasteiger partial charge in [0.15, 0.2) is 5.69 Å². The summed E-state index contributed by atoms with van der Waals surface area (Å²) in [7, 11) is 0. The smallest absolute Gasteiger partial charge is 0.272 e. The van der Waals surface area contributed by atoms with Crippen molar-refractivity contribution in [1.29, 1.82) is 0 Å². The van der Waals surface area contributed by atoms with Gasteiger partial charge in [0, 0.05) is 17.3 Å². The summed E-state index contributed by atoms with van der Waals surface area (Å²) in [4.78, 5) is 12.4. The minimum Gasteiger partial charge on any atom is -0.348 e. The fourth-order valence-corrected chi connectivity index (χ4v) is 3.35. The second-order valence-electron chi connectivity index (χ2n) is 5.90. The molecule has 2 aliphatic rings. The van der Waals surface area contributed by atoms with Crippen LogP contribution in [0, 0.1) is 0 Å². The summed E-state index contributed by atoms with van der Waals surface area (Å²) in [6.45, 7) is 0. The molecule has 0 bridgehead atoms. The highest BCUT2D eigenvalue weighted by Gasteiger charge is 2.23. The largest absolute Gasteiger partial charge is 0.348 e. The monoisotopic (exact) mass is 261 g/mol. The number of aromatic nitrogens is 2. The first-order valence-corrected chi connectivity index (χ1v) is 7.71. The number of fused-ring (bicyclic) bond motifs is 1. The molecule has 4 nitrogen and oxygen atoms in total. The van der Waals surface area contributed by atoms with Gasteiger partial charge >= 0.3 is 0 Å². The SMILES string of the molecule is O=C(NC1CCCCCC1)c1n[nH]c2c1CCCC2. The van der Waals surface area contributed by atoms with Gasteiger partial charge in [-0.05, 0) is 38.5 Å². The number of aryl methyl sites for hydroxylation is 1. The zero-order valence-electron chi connectivity index (χ0n) is 11.5. The Morgan fingerprint density at radius 1 is 1.05 bits per heavy atom. The van der Waals surface area contributed by atoms with E-state index in [1.54, 1.807) is 0 Å². The number of hydrogen-bond acceptors (Lipinski definition) is 2. The van der Waals surface area contributed by atoms with Crippen LogP contribution in [0.2, 0.25) is 0 Å². The van der Waals surface area contributed by atoms with Crippen LogP contribution in [0.4, 0.5) is 0 Å². The van der Waals surface area contributed by atoms with E-state index < -0.39 is 0 Å². The van der Waals surface area contributed by atoms with E-state index in [0.717, 1.165) is 31.2 Å². The minimum atomic E-state index is 0.0336. The minimum absolute atomic E-state index is 0.0336. The second kappa shape index (κ2) is 5.76. The molecule has 4 heteroatoms. The summed E-state index contributed by atoms with van der Waals surface area (Å²) < 4.78 is 0. The average molecular weight is 261 g/mol. The Hall–Kier alpha value is -1.32. The molecular formula is C15H23N3O. The van der Waals surface area contributed by atoms with Gasteiger partial charge in [-0.15, -0.1) is 0 Å². The first kappa shape index (κ1) is 12.7. The van der Waals surface area contributed by atoms with Crippen molar-refractivity contribution in [3.63, 3.8) is 0 Å². The maximum Gasteiger partial charge on any atom is 0.272 e. The molecule has 1 aromatic rings. The summed E-state index contributed by atoms with van der Waals surface area (Å²) in [5.74, 6) is 0.0336. The highest BCUT2D eigenvalue weighted by Crippen LogP contribution is 2.23. The molecule has 0 aliphatic heterocycles. The molecule has 0 atom stereocenters. The van der Waals surface area contributed by atoms with E-state index in [9.17, 15) is 4.79 Å². The molecule has 1 saturated carbocycles. The standard InChI is InChI=1S/C15H23N3O/c19-15(16-11-7-3-1-2-4-8-11)14-12-9-5-6-10-13(12)17-18-14/h11H,1-10H2,(H,16,19)(H,17,18). The van der Waals surface area contributed by atoms with Crippen molar-refractivity contribution in [3.8, 4) is 0 Å². The summed E-state index contributed by atoms with van der Waals surface area (Å²) >= 11 is 0. The number of hydrogen-bond donors (Lipinski definition) is 2. The van der Waals surface area contributed by atoms with Crippen LogP contribution in [0.5, 0.6) is 0 Å². The molecule has 19 heavy (non-hydrogen) atoms. The Morgan fingerprint density at radius 3 is 2.58 bits per heavy atom. The van der Waals surface area contributed by atoms with Crippen LogP contribution in [0.15, 0.2) is 0 Å². The van der Waals surface area contributed by atoms with Gasteiger partial charge in [0.25, 0.3) is 5.91 Å². The van der Waals surface area contributed by atoms with Gasteiger partial charge in [-0.25, -0.2) is 0 Å². The van der Waals surface area contributed by atoms with Crippen molar-refractivity contribution in [3.05, 3.63) is 17.0 Å². The highest BCUT2D eigenvalue weighted by molar-refractivity contribution is 5.94. The molecule has 0 saturated heterocycles. The van der Waals surface area contributed by atoms with Crippen LogP contribution in [-0.4, -0.2) is 22.1 Å². The lowest BCUT2D eigenvalue weighted by Gasteiger charge is -2.16. The third kappa shape index (κ3) is 2.82. The van der Waals surface area contributed by atoms with Gasteiger partial charge in [0.2, 0.25) is 0 Å². The van der Waals surface area contributed by atoms with Gasteiger partial charge in [0.05, 0.1) is 0 Å². The van der Waals surface area contributed by atoms with Gasteiger partial charge in [-0.1, -0.05) is 25.7 Å². The number of nitrogens with one attached hydrogen (secondary N) is 2. The molecule has 0 unspecified atom stereocenters. The van der Waals surface area contributed by atoms with Gasteiger partial charge < -0.3 is 5.32 Å². The van der Waals surface area contributed by atoms with Crippen LogP contribution < -0.4 is 5.32 Å². The lowest BCUT2D eigenvalue weighted by atomic mass is 9.95. The Morgan fingerprint density at radius 2 is 1.79 bits per heavy atom. The molecule has 104 valence electrons. The maximum atomic E-state index is 12.4. The van der Waals surface area contributed by atoms with Crippen LogP contribution in [0.1, 0.15) is 73.1 Å². The van der Waals surface area contributed by atoms with Gasteiger partial charge in [-0.2, -0.15) is 5.10 Å². The molecular weight excluding hydrogens is 238 g/mol. The third-order valence-electron chi connectivity index (χ3n) is 4.46. The number of carbonyl (C=O) groups excluding carboxylic acids is 1. The molecule has 0 aromatic carbocycles. The Balaban J connectivity index is 1.68. The lowest BCUT2D eigenvalue weighted by Crippen LogP contribution is -2.35. The maximum absolute atomic E-state index is 12.4. The van der Waals surface area contributed by atoms with Crippen molar-refractivity contribution in [2.24, 2.45) is 0 Å². The quantitative estimate of drug-likeness (QED) is 0.804. The summed E-state index contributed by atoms with van der Waals surface area (Å²) in [5.41, 5.74) is 2.99. The van der Waals surface area contributed by atoms with E-state index >= 15 is 0 Å². The number of H-pyrrole nitrogens is 1. The molecule has 1 amide bonds. The number of aromatic amines is 1. The molecule has 0 radical (unpaired) electrons. The molecule has 3 rings (SSSR count). The average Bonchev–Trinajstić information content (AvgIpc) is 2.70. The molecule has 2 N–H and O–H groups in total. The second-order valence-corrected chi connectivity index (χ2v) is 5.90. The summed E-state index contributed by atoms with van der Waals surface area (Å²) in [6, 6.07) is 0.353. The van der Waals surface area contributed by atoms with Crippen LogP contribution >= 0.6 is 0 Å². The Bertz CT molecular complexity index is 444. The number of rotatable bonds is 2. The van der Waals surface area contributed by atoms with Crippen molar-refractivity contribution in [1.82, 2.24) is 15.5 Å². The first-order valence-electron chi connectivity index (χ1n) is 7.71. The Labute approximate surface area is 114 Å². The van der Waals surface area contributed by atoms with E-state index in [2.05, 4.69) is 15.5 Å². The molecule has 2 aliphatic carbocycles. The summed E-state index contributed by atoms with van der Waals surface area (Å²) in [6.07, 6.45) is 11.8. The van der Waals surface area contributed by atoms with Crippen molar-refractivity contribution in [2.75, 3.05) is 0 Å². The zero-order valence-corrected chi connectivity index (χ0v) is 11.5.